The number of benzene rings is 1. The Labute approximate surface area is 102 Å². The molecule has 0 aliphatic carbocycles. The SMILES string of the molecule is CCCCCC[N]c1ccc(Cl)c(Cl)c1. The summed E-state index contributed by atoms with van der Waals surface area (Å²) in [5, 5.41) is 5.60. The molecule has 0 atom stereocenters. The highest BCUT2D eigenvalue weighted by atomic mass is 35.5. The molecule has 1 rings (SSSR count). The molecule has 0 unspecified atom stereocenters. The maximum Gasteiger partial charge on any atom is 0.0613 e. The highest BCUT2D eigenvalue weighted by Gasteiger charge is 1.99. The van der Waals surface area contributed by atoms with E-state index in [1.165, 1.54) is 19.3 Å². The van der Waals surface area contributed by atoms with Crippen molar-refractivity contribution in [2.45, 2.75) is 32.6 Å². The molecule has 0 saturated carbocycles. The Morgan fingerprint density at radius 1 is 1.07 bits per heavy atom. The van der Waals surface area contributed by atoms with Crippen molar-refractivity contribution in [1.29, 1.82) is 0 Å². The summed E-state index contributed by atoms with van der Waals surface area (Å²) in [4.78, 5) is 0. The van der Waals surface area contributed by atoms with Gasteiger partial charge in [0.05, 0.1) is 15.7 Å². The molecule has 1 radical (unpaired) electrons. The minimum atomic E-state index is 0.575. The Kier molecular flexibility index (Phi) is 5.89. The van der Waals surface area contributed by atoms with Crippen molar-refractivity contribution in [2.75, 3.05) is 6.54 Å². The van der Waals surface area contributed by atoms with Gasteiger partial charge in [0.25, 0.3) is 0 Å². The largest absolute Gasteiger partial charge is 0.285 e. The van der Waals surface area contributed by atoms with Crippen molar-refractivity contribution in [3.63, 3.8) is 0 Å². The molecular weight excluding hydrogens is 229 g/mol. The van der Waals surface area contributed by atoms with E-state index in [0.717, 1.165) is 18.7 Å². The second-order valence-corrected chi connectivity index (χ2v) is 4.36. The highest BCUT2D eigenvalue weighted by molar-refractivity contribution is 6.42. The summed E-state index contributed by atoms with van der Waals surface area (Å²) in [7, 11) is 0. The van der Waals surface area contributed by atoms with E-state index in [4.69, 9.17) is 23.2 Å². The van der Waals surface area contributed by atoms with Gasteiger partial charge in [0.15, 0.2) is 0 Å². The molecule has 1 aromatic carbocycles. The summed E-state index contributed by atoms with van der Waals surface area (Å²) in [6, 6.07) is 5.49. The lowest BCUT2D eigenvalue weighted by molar-refractivity contribution is 0.644. The summed E-state index contributed by atoms with van der Waals surface area (Å²) in [5.74, 6) is 0. The van der Waals surface area contributed by atoms with Crippen LogP contribution in [-0.2, 0) is 0 Å². The van der Waals surface area contributed by atoms with Crippen LogP contribution >= 0.6 is 23.2 Å². The van der Waals surface area contributed by atoms with E-state index in [0.29, 0.717) is 10.0 Å². The van der Waals surface area contributed by atoms with Crippen LogP contribution in [0.25, 0.3) is 0 Å². The molecule has 0 heterocycles. The highest BCUT2D eigenvalue weighted by Crippen LogP contribution is 2.25. The van der Waals surface area contributed by atoms with Crippen LogP contribution in [0.5, 0.6) is 0 Å². The quantitative estimate of drug-likeness (QED) is 0.638. The van der Waals surface area contributed by atoms with Crippen molar-refractivity contribution in [1.82, 2.24) is 5.32 Å². The van der Waals surface area contributed by atoms with E-state index in [1.807, 2.05) is 12.1 Å². The van der Waals surface area contributed by atoms with Crippen molar-refractivity contribution in [3.8, 4) is 0 Å². The number of hydrogen-bond acceptors (Lipinski definition) is 0. The van der Waals surface area contributed by atoms with Crippen LogP contribution < -0.4 is 5.32 Å². The molecule has 0 N–H and O–H groups in total. The van der Waals surface area contributed by atoms with Gasteiger partial charge in [-0.15, -0.1) is 0 Å². The summed E-state index contributed by atoms with van der Waals surface area (Å²) in [6.45, 7) is 3.08. The fourth-order valence-corrected chi connectivity index (χ4v) is 1.62. The molecule has 0 amide bonds. The van der Waals surface area contributed by atoms with Gasteiger partial charge in [-0.3, -0.25) is 5.32 Å². The fourth-order valence-electron chi connectivity index (χ4n) is 1.33. The average molecular weight is 245 g/mol. The first-order valence-corrected chi connectivity index (χ1v) is 6.12. The van der Waals surface area contributed by atoms with E-state index in [9.17, 15) is 0 Å². The third kappa shape index (κ3) is 4.76. The zero-order valence-electron chi connectivity index (χ0n) is 8.97. The van der Waals surface area contributed by atoms with Crippen LogP contribution in [0.1, 0.15) is 32.6 Å². The maximum atomic E-state index is 5.88. The smallest absolute Gasteiger partial charge is 0.0613 e. The molecule has 0 fully saturated rings. The van der Waals surface area contributed by atoms with Crippen LogP contribution in [-0.4, -0.2) is 6.54 Å². The van der Waals surface area contributed by atoms with Crippen LogP contribution in [0.3, 0.4) is 0 Å². The van der Waals surface area contributed by atoms with Crippen molar-refractivity contribution < 1.29 is 0 Å². The Bertz CT molecular complexity index is 300. The third-order valence-electron chi connectivity index (χ3n) is 2.21. The second kappa shape index (κ2) is 6.97. The standard InChI is InChI=1S/C12H16Cl2N/c1-2-3-4-5-8-15-10-6-7-11(13)12(14)9-10/h6-7,9H,2-5,8H2,1H3. The Morgan fingerprint density at radius 3 is 2.53 bits per heavy atom. The fraction of sp³-hybridized carbons (Fsp3) is 0.500. The first-order chi connectivity index (χ1) is 7.24. The van der Waals surface area contributed by atoms with Gasteiger partial charge >= 0.3 is 0 Å². The van der Waals surface area contributed by atoms with Gasteiger partial charge in [0.2, 0.25) is 0 Å². The van der Waals surface area contributed by atoms with Crippen molar-refractivity contribution in [2.24, 2.45) is 0 Å². The molecule has 1 aromatic rings. The topological polar surface area (TPSA) is 14.1 Å². The molecule has 0 saturated heterocycles. The zero-order valence-corrected chi connectivity index (χ0v) is 10.5. The minimum absolute atomic E-state index is 0.575. The average Bonchev–Trinajstić information content (AvgIpc) is 2.23. The van der Waals surface area contributed by atoms with Gasteiger partial charge < -0.3 is 0 Å². The zero-order chi connectivity index (χ0) is 11.1. The third-order valence-corrected chi connectivity index (χ3v) is 2.95. The number of unbranched alkanes of at least 4 members (excludes halogenated alkanes) is 3. The normalized spacial score (nSPS) is 10.3. The lowest BCUT2D eigenvalue weighted by atomic mass is 10.2. The number of halogens is 2. The lowest BCUT2D eigenvalue weighted by Gasteiger charge is -2.04. The molecule has 0 spiro atoms. The summed E-state index contributed by atoms with van der Waals surface area (Å²) in [5.41, 5.74) is 0.917. The van der Waals surface area contributed by atoms with Crippen LogP contribution in [0, 0.1) is 0 Å². The predicted molar refractivity (Wildman–Crippen MR) is 67.3 cm³/mol. The van der Waals surface area contributed by atoms with E-state index in [2.05, 4.69) is 12.2 Å². The van der Waals surface area contributed by atoms with E-state index < -0.39 is 0 Å². The van der Waals surface area contributed by atoms with E-state index in [1.54, 1.807) is 6.07 Å². The first kappa shape index (κ1) is 12.7. The number of hydrogen-bond donors (Lipinski definition) is 0. The van der Waals surface area contributed by atoms with Gasteiger partial charge in [-0.1, -0.05) is 49.4 Å². The molecular formula is C12H16Cl2N. The second-order valence-electron chi connectivity index (χ2n) is 3.54. The van der Waals surface area contributed by atoms with Crippen LogP contribution in [0.4, 0.5) is 5.69 Å². The van der Waals surface area contributed by atoms with Crippen molar-refractivity contribution in [3.05, 3.63) is 28.2 Å². The molecule has 1 nitrogen and oxygen atoms in total. The maximum absolute atomic E-state index is 5.88. The summed E-state index contributed by atoms with van der Waals surface area (Å²) < 4.78 is 0. The molecule has 3 heteroatoms. The van der Waals surface area contributed by atoms with Crippen molar-refractivity contribution >= 4 is 28.9 Å². The predicted octanol–water partition coefficient (Wildman–Crippen LogP) is 4.81. The molecule has 0 aromatic heterocycles. The molecule has 15 heavy (non-hydrogen) atoms. The molecule has 0 aliphatic rings. The summed E-state index contributed by atoms with van der Waals surface area (Å²) in [6.07, 6.45) is 4.94. The van der Waals surface area contributed by atoms with Gasteiger partial charge in [0.1, 0.15) is 0 Å². The minimum Gasteiger partial charge on any atom is -0.285 e. The van der Waals surface area contributed by atoms with Gasteiger partial charge in [0, 0.05) is 6.54 Å². The Hall–Kier alpha value is -0.400. The monoisotopic (exact) mass is 244 g/mol. The van der Waals surface area contributed by atoms with Gasteiger partial charge in [-0.25, -0.2) is 0 Å². The Balaban J connectivity index is 2.28. The lowest BCUT2D eigenvalue weighted by Crippen LogP contribution is -1.99. The molecule has 0 aliphatic heterocycles. The molecule has 0 bridgehead atoms. The van der Waals surface area contributed by atoms with E-state index in [-0.39, 0.29) is 0 Å². The number of nitrogens with zero attached hydrogens (tertiary/aromatic N) is 1. The van der Waals surface area contributed by atoms with Crippen LogP contribution in [0.15, 0.2) is 18.2 Å². The number of rotatable bonds is 6. The van der Waals surface area contributed by atoms with E-state index >= 15 is 0 Å². The molecule has 83 valence electrons. The first-order valence-electron chi connectivity index (χ1n) is 5.36. The van der Waals surface area contributed by atoms with Gasteiger partial charge in [-0.2, -0.15) is 0 Å². The Morgan fingerprint density at radius 2 is 1.87 bits per heavy atom. The summed E-state index contributed by atoms with van der Waals surface area (Å²) >= 11 is 11.7. The van der Waals surface area contributed by atoms with Crippen LogP contribution in [0.2, 0.25) is 10.0 Å². The van der Waals surface area contributed by atoms with Gasteiger partial charge in [-0.05, 0) is 24.6 Å².